The minimum absolute atomic E-state index is 0.0971. The highest BCUT2D eigenvalue weighted by Crippen LogP contribution is 2.22. The molecule has 1 aliphatic heterocycles. The number of imide groups is 1. The van der Waals surface area contributed by atoms with Gasteiger partial charge in [0.25, 0.3) is 0 Å². The van der Waals surface area contributed by atoms with Crippen LogP contribution >= 0.6 is 22.6 Å². The summed E-state index contributed by atoms with van der Waals surface area (Å²) >= 11 is 1.89. The van der Waals surface area contributed by atoms with Gasteiger partial charge in [-0.2, -0.15) is 0 Å². The van der Waals surface area contributed by atoms with E-state index in [1.54, 1.807) is 0 Å². The number of hydrogen-bond acceptors (Lipinski definition) is 5. The molecule has 21 heavy (non-hydrogen) atoms. The second-order valence-electron chi connectivity index (χ2n) is 4.98. The molecule has 0 aliphatic carbocycles. The number of likely N-dealkylation sites (tertiary alicyclic amines) is 1. The number of hydrogen-bond donors (Lipinski definition) is 2. The monoisotopic (exact) mass is 409 g/mol. The Morgan fingerprint density at radius 1 is 1.43 bits per heavy atom. The van der Waals surface area contributed by atoms with E-state index in [0.717, 1.165) is 4.90 Å². The zero-order chi connectivity index (χ0) is 16.0. The highest BCUT2D eigenvalue weighted by molar-refractivity contribution is 14.1. The van der Waals surface area contributed by atoms with E-state index in [2.05, 4.69) is 5.32 Å². The number of halogens is 1. The van der Waals surface area contributed by atoms with Gasteiger partial charge in [0, 0.05) is 25.9 Å². The van der Waals surface area contributed by atoms with E-state index in [4.69, 9.17) is 5.73 Å². The lowest BCUT2D eigenvalue weighted by Gasteiger charge is -2.24. The summed E-state index contributed by atoms with van der Waals surface area (Å²) in [4.78, 5) is 47.5. The average Bonchev–Trinajstić information content (AvgIpc) is 2.65. The molecule has 2 atom stereocenters. The van der Waals surface area contributed by atoms with Crippen molar-refractivity contribution in [2.24, 2.45) is 5.73 Å². The Bertz CT molecular complexity index is 441. The molecular formula is C13H20IN3O4. The topological polar surface area (TPSA) is 110 Å². The largest absolute Gasteiger partial charge is 0.354 e. The Morgan fingerprint density at radius 3 is 2.57 bits per heavy atom. The van der Waals surface area contributed by atoms with E-state index in [0.29, 0.717) is 25.8 Å². The average molecular weight is 409 g/mol. The molecule has 0 radical (unpaired) electrons. The molecule has 3 N–H and O–H groups in total. The van der Waals surface area contributed by atoms with E-state index >= 15 is 0 Å². The van der Waals surface area contributed by atoms with Gasteiger partial charge in [0.2, 0.25) is 17.7 Å². The van der Waals surface area contributed by atoms with Crippen LogP contribution in [0.5, 0.6) is 0 Å². The number of amides is 3. The molecule has 0 aromatic rings. The van der Waals surface area contributed by atoms with Crippen molar-refractivity contribution in [3.05, 3.63) is 0 Å². The number of alkyl halides is 1. The van der Waals surface area contributed by atoms with Crippen LogP contribution in [-0.4, -0.2) is 51.5 Å². The maximum absolute atomic E-state index is 12.0. The quantitative estimate of drug-likeness (QED) is 0.249. The van der Waals surface area contributed by atoms with Crippen LogP contribution in [0.15, 0.2) is 0 Å². The van der Waals surface area contributed by atoms with Crippen LogP contribution in [0.25, 0.3) is 0 Å². The molecule has 7 nitrogen and oxygen atoms in total. The fourth-order valence-corrected chi connectivity index (χ4v) is 2.78. The van der Waals surface area contributed by atoms with Gasteiger partial charge in [-0.25, -0.2) is 0 Å². The van der Waals surface area contributed by atoms with Crippen molar-refractivity contribution in [1.82, 2.24) is 10.2 Å². The molecule has 118 valence electrons. The van der Waals surface area contributed by atoms with Crippen molar-refractivity contribution in [2.45, 2.75) is 42.6 Å². The first-order valence-corrected chi connectivity index (χ1v) is 8.10. The number of nitrogens with one attached hydrogen (secondary N) is 1. The SMILES string of the molecule is CC(=O)CCCCNC(=O)C(CN)N1C(=O)CC(I)C1=O. The first kappa shape index (κ1) is 18.0. The normalized spacial score (nSPS) is 19.8. The summed E-state index contributed by atoms with van der Waals surface area (Å²) < 4.78 is -0.424. The number of nitrogens with zero attached hydrogens (tertiary/aromatic N) is 1. The number of nitrogens with two attached hydrogens (primary N) is 1. The Hall–Kier alpha value is -1.03. The second kappa shape index (κ2) is 8.42. The molecule has 1 aliphatic rings. The lowest BCUT2D eigenvalue weighted by atomic mass is 10.2. The molecule has 1 rings (SSSR count). The van der Waals surface area contributed by atoms with Crippen molar-refractivity contribution >= 4 is 46.1 Å². The van der Waals surface area contributed by atoms with E-state index < -0.39 is 15.9 Å². The molecule has 0 saturated carbocycles. The standard InChI is InChI=1S/C13H20IN3O4/c1-8(18)4-2-3-5-16-12(20)10(7-15)17-11(19)6-9(14)13(17)21/h9-10H,2-7,15H2,1H3,(H,16,20). The van der Waals surface area contributed by atoms with Gasteiger partial charge in [-0.3, -0.25) is 19.3 Å². The maximum atomic E-state index is 12.0. The molecule has 1 fully saturated rings. The summed E-state index contributed by atoms with van der Waals surface area (Å²) in [5.74, 6) is -1.03. The molecule has 0 bridgehead atoms. The van der Waals surface area contributed by atoms with E-state index in [-0.39, 0.29) is 30.6 Å². The zero-order valence-corrected chi connectivity index (χ0v) is 14.1. The third-order valence-corrected chi connectivity index (χ3v) is 4.19. The van der Waals surface area contributed by atoms with E-state index in [1.165, 1.54) is 6.92 Å². The van der Waals surface area contributed by atoms with Gasteiger partial charge >= 0.3 is 0 Å². The van der Waals surface area contributed by atoms with Crippen molar-refractivity contribution in [1.29, 1.82) is 0 Å². The molecule has 2 unspecified atom stereocenters. The van der Waals surface area contributed by atoms with Gasteiger partial charge < -0.3 is 15.8 Å². The summed E-state index contributed by atoms with van der Waals surface area (Å²) in [7, 11) is 0. The highest BCUT2D eigenvalue weighted by Gasteiger charge is 2.43. The Morgan fingerprint density at radius 2 is 2.10 bits per heavy atom. The lowest BCUT2D eigenvalue weighted by molar-refractivity contribution is -0.146. The maximum Gasteiger partial charge on any atom is 0.244 e. The molecule has 3 amide bonds. The summed E-state index contributed by atoms with van der Waals surface area (Å²) in [6, 6.07) is -0.947. The summed E-state index contributed by atoms with van der Waals surface area (Å²) in [6.07, 6.45) is 1.96. The summed E-state index contributed by atoms with van der Waals surface area (Å²) in [5, 5.41) is 2.66. The van der Waals surface area contributed by atoms with Gasteiger partial charge in [0.1, 0.15) is 11.8 Å². The first-order valence-electron chi connectivity index (χ1n) is 6.85. The molecule has 1 heterocycles. The number of ketones is 1. The fraction of sp³-hybridized carbons (Fsp3) is 0.692. The van der Waals surface area contributed by atoms with Gasteiger partial charge in [0.15, 0.2) is 0 Å². The third kappa shape index (κ3) is 5.03. The molecule has 0 aromatic carbocycles. The highest BCUT2D eigenvalue weighted by atomic mass is 127. The Balaban J connectivity index is 2.48. The van der Waals surface area contributed by atoms with Crippen molar-refractivity contribution < 1.29 is 19.2 Å². The van der Waals surface area contributed by atoms with Crippen LogP contribution in [-0.2, 0) is 19.2 Å². The van der Waals surface area contributed by atoms with Crippen LogP contribution in [0, 0.1) is 0 Å². The predicted molar refractivity (Wildman–Crippen MR) is 84.7 cm³/mol. The van der Waals surface area contributed by atoms with Crippen LogP contribution in [0.2, 0.25) is 0 Å². The van der Waals surface area contributed by atoms with Crippen molar-refractivity contribution in [3.8, 4) is 0 Å². The van der Waals surface area contributed by atoms with Crippen molar-refractivity contribution in [3.63, 3.8) is 0 Å². The number of rotatable bonds is 8. The summed E-state index contributed by atoms with van der Waals surface area (Å²) in [6.45, 7) is 1.82. The molecule has 1 saturated heterocycles. The number of unbranched alkanes of at least 4 members (excludes halogenated alkanes) is 1. The zero-order valence-electron chi connectivity index (χ0n) is 11.9. The lowest BCUT2D eigenvalue weighted by Crippen LogP contribution is -2.53. The smallest absolute Gasteiger partial charge is 0.244 e. The Kier molecular flexibility index (Phi) is 7.23. The minimum Gasteiger partial charge on any atom is -0.354 e. The van der Waals surface area contributed by atoms with Crippen molar-refractivity contribution in [2.75, 3.05) is 13.1 Å². The molecular weight excluding hydrogens is 389 g/mol. The molecule has 8 heteroatoms. The van der Waals surface area contributed by atoms with Gasteiger partial charge in [-0.1, -0.05) is 22.6 Å². The molecule has 0 spiro atoms. The minimum atomic E-state index is -0.947. The summed E-state index contributed by atoms with van der Waals surface area (Å²) in [5.41, 5.74) is 5.54. The van der Waals surface area contributed by atoms with Crippen LogP contribution in [0.1, 0.15) is 32.6 Å². The number of carbonyl (C=O) groups excluding carboxylic acids is 4. The van der Waals surface area contributed by atoms with E-state index in [9.17, 15) is 19.2 Å². The van der Waals surface area contributed by atoms with Gasteiger partial charge in [0.05, 0.1) is 3.92 Å². The Labute approximate surface area is 137 Å². The van der Waals surface area contributed by atoms with Gasteiger partial charge in [-0.05, 0) is 19.8 Å². The number of carbonyl (C=O) groups is 4. The second-order valence-corrected chi connectivity index (χ2v) is 6.48. The van der Waals surface area contributed by atoms with Crippen LogP contribution < -0.4 is 11.1 Å². The van der Waals surface area contributed by atoms with Crippen LogP contribution in [0.4, 0.5) is 0 Å². The molecule has 0 aromatic heterocycles. The fourth-order valence-electron chi connectivity index (χ4n) is 2.10. The van der Waals surface area contributed by atoms with Gasteiger partial charge in [-0.15, -0.1) is 0 Å². The first-order chi connectivity index (χ1) is 9.88. The predicted octanol–water partition coefficient (Wildman–Crippen LogP) is -0.248. The van der Waals surface area contributed by atoms with Crippen LogP contribution in [0.3, 0.4) is 0 Å². The van der Waals surface area contributed by atoms with E-state index in [1.807, 2.05) is 22.6 Å². The third-order valence-electron chi connectivity index (χ3n) is 3.22. The number of Topliss-reactive ketones (excluding diaryl/α,β-unsaturated/α-hetero) is 1.